The molecule has 5 heteroatoms. The molecule has 0 aliphatic heterocycles. The van der Waals surface area contributed by atoms with Crippen molar-refractivity contribution in [1.82, 2.24) is 9.97 Å². The van der Waals surface area contributed by atoms with Gasteiger partial charge in [0.1, 0.15) is 0 Å². The zero-order valence-electron chi connectivity index (χ0n) is 6.70. The topological polar surface area (TPSA) is 25.8 Å². The third kappa shape index (κ3) is 8.71. The van der Waals surface area contributed by atoms with Gasteiger partial charge in [0.25, 0.3) is 0 Å². The minimum absolute atomic E-state index is 0. The normalized spacial score (nSPS) is 6.73. The standard InChI is InChI=1S/C6H7N2.3Y/c1-5-3-4-7-6(2)8-5;;;/h3H,1-2H3;;;/q-1;;;. The minimum Gasteiger partial charge on any atom is -0.373 e. The van der Waals surface area contributed by atoms with Crippen LogP contribution in [0.4, 0.5) is 0 Å². The summed E-state index contributed by atoms with van der Waals surface area (Å²) in [6, 6.07) is 1.76. The van der Waals surface area contributed by atoms with Gasteiger partial charge in [-0.25, -0.2) is 0 Å². The van der Waals surface area contributed by atoms with Gasteiger partial charge in [0, 0.05) is 104 Å². The predicted octanol–water partition coefficient (Wildman–Crippen LogP) is 0.886. The van der Waals surface area contributed by atoms with Crippen molar-refractivity contribution in [2.75, 3.05) is 0 Å². The molecule has 0 saturated carbocycles. The molecule has 0 N–H and O–H groups in total. The molecule has 0 aliphatic carbocycles. The Morgan fingerprint density at radius 2 is 1.73 bits per heavy atom. The third-order valence-corrected chi connectivity index (χ3v) is 0.838. The Kier molecular flexibility index (Phi) is 18.1. The van der Waals surface area contributed by atoms with Gasteiger partial charge in [-0.15, -0.1) is 6.07 Å². The van der Waals surface area contributed by atoms with Gasteiger partial charge >= 0.3 is 0 Å². The quantitative estimate of drug-likeness (QED) is 0.631. The van der Waals surface area contributed by atoms with Crippen LogP contribution >= 0.6 is 0 Å². The second-order valence-corrected chi connectivity index (χ2v) is 1.69. The van der Waals surface area contributed by atoms with Crippen LogP contribution in [0.3, 0.4) is 0 Å². The molecule has 0 spiro atoms. The molecule has 0 unspecified atom stereocenters. The molecule has 0 amide bonds. The Hall–Kier alpha value is 2.39. The van der Waals surface area contributed by atoms with Crippen LogP contribution in [0.25, 0.3) is 0 Å². The van der Waals surface area contributed by atoms with Crippen LogP contribution in [-0.2, 0) is 98.1 Å². The smallest absolute Gasteiger partial charge is 0.0106 e. The van der Waals surface area contributed by atoms with Gasteiger partial charge in [-0.1, -0.05) is 25.7 Å². The largest absolute Gasteiger partial charge is 0.373 e. The van der Waals surface area contributed by atoms with Gasteiger partial charge in [0.05, 0.1) is 0 Å². The molecule has 0 bridgehead atoms. The van der Waals surface area contributed by atoms with E-state index in [9.17, 15) is 0 Å². The van der Waals surface area contributed by atoms with Gasteiger partial charge in [-0.05, 0) is 0 Å². The van der Waals surface area contributed by atoms with Gasteiger partial charge in [0.15, 0.2) is 0 Å². The first-order chi connectivity index (χ1) is 3.79. The number of rotatable bonds is 0. The number of hydrogen-bond donors (Lipinski definition) is 0. The second kappa shape index (κ2) is 10.5. The first kappa shape index (κ1) is 19.0. The third-order valence-electron chi connectivity index (χ3n) is 0.838. The number of hydrogen-bond acceptors (Lipinski definition) is 2. The summed E-state index contributed by atoms with van der Waals surface area (Å²) in [5.41, 5.74) is 0.970. The van der Waals surface area contributed by atoms with E-state index in [1.807, 2.05) is 13.8 Å². The fourth-order valence-electron chi connectivity index (χ4n) is 0.532. The summed E-state index contributed by atoms with van der Waals surface area (Å²) >= 11 is 0. The van der Waals surface area contributed by atoms with Crippen LogP contribution in [0.15, 0.2) is 6.07 Å². The monoisotopic (exact) mass is 374 g/mol. The van der Waals surface area contributed by atoms with Crippen LogP contribution in [0, 0.1) is 20.0 Å². The van der Waals surface area contributed by atoms with Crippen molar-refractivity contribution >= 4 is 0 Å². The summed E-state index contributed by atoms with van der Waals surface area (Å²) in [5.74, 6) is 0.782. The van der Waals surface area contributed by atoms with Crippen LogP contribution in [0.5, 0.6) is 0 Å². The van der Waals surface area contributed by atoms with E-state index in [1.165, 1.54) is 0 Å². The molecule has 51 valence electrons. The van der Waals surface area contributed by atoms with E-state index < -0.39 is 0 Å². The molecule has 1 aromatic rings. The van der Waals surface area contributed by atoms with Gasteiger partial charge in [0.2, 0.25) is 0 Å². The Labute approximate surface area is 143 Å². The summed E-state index contributed by atoms with van der Waals surface area (Å²) in [6.07, 6.45) is 2.72. The Balaban J connectivity index is -0.000000213. The Morgan fingerprint density at radius 1 is 1.18 bits per heavy atom. The summed E-state index contributed by atoms with van der Waals surface area (Å²) in [7, 11) is 0. The zero-order chi connectivity index (χ0) is 5.98. The van der Waals surface area contributed by atoms with Crippen LogP contribution in [-0.4, -0.2) is 9.97 Å². The number of aryl methyl sites for hydroxylation is 2. The SMILES string of the molecule is Cc1c[c-]nc(C)n1.[Y].[Y].[Y]. The number of aromatic nitrogens is 2. The van der Waals surface area contributed by atoms with E-state index in [0.29, 0.717) is 0 Å². The number of nitrogens with zero attached hydrogens (tertiary/aromatic N) is 2. The van der Waals surface area contributed by atoms with Crippen molar-refractivity contribution in [3.8, 4) is 0 Å². The van der Waals surface area contributed by atoms with Crippen molar-refractivity contribution in [3.05, 3.63) is 23.8 Å². The molecule has 0 aromatic carbocycles. The van der Waals surface area contributed by atoms with Gasteiger partial charge in [-0.2, -0.15) is 0 Å². The summed E-state index contributed by atoms with van der Waals surface area (Å²) in [5, 5.41) is 0. The summed E-state index contributed by atoms with van der Waals surface area (Å²) in [4.78, 5) is 7.84. The Morgan fingerprint density at radius 3 is 2.00 bits per heavy atom. The second-order valence-electron chi connectivity index (χ2n) is 1.69. The van der Waals surface area contributed by atoms with Crippen molar-refractivity contribution in [2.24, 2.45) is 0 Å². The molecule has 0 saturated heterocycles. The molecule has 0 fully saturated rings. The molecule has 2 nitrogen and oxygen atoms in total. The van der Waals surface area contributed by atoms with E-state index in [4.69, 9.17) is 0 Å². The van der Waals surface area contributed by atoms with Crippen LogP contribution < -0.4 is 0 Å². The van der Waals surface area contributed by atoms with E-state index >= 15 is 0 Å². The molecule has 11 heavy (non-hydrogen) atoms. The maximum Gasteiger partial charge on any atom is 0.0106 e. The van der Waals surface area contributed by atoms with E-state index in [-0.39, 0.29) is 98.1 Å². The van der Waals surface area contributed by atoms with Gasteiger partial charge < -0.3 is 9.97 Å². The molecular weight excluding hydrogens is 367 g/mol. The summed E-state index contributed by atoms with van der Waals surface area (Å²) < 4.78 is 0. The fraction of sp³-hybridized carbons (Fsp3) is 0.333. The van der Waals surface area contributed by atoms with Crippen molar-refractivity contribution in [2.45, 2.75) is 13.8 Å². The Bertz CT molecular complexity index is 176. The van der Waals surface area contributed by atoms with Crippen molar-refractivity contribution in [3.63, 3.8) is 0 Å². The molecule has 1 heterocycles. The molecule has 1 aromatic heterocycles. The van der Waals surface area contributed by atoms with Crippen LogP contribution in [0.2, 0.25) is 0 Å². The molecule has 0 atom stereocenters. The minimum atomic E-state index is 0. The maximum atomic E-state index is 4.03. The molecule has 3 radical (unpaired) electrons. The van der Waals surface area contributed by atoms with Crippen molar-refractivity contribution in [1.29, 1.82) is 0 Å². The molecular formula is C6H7N2Y3-. The zero-order valence-corrected chi connectivity index (χ0v) is 15.2. The van der Waals surface area contributed by atoms with Gasteiger partial charge in [-0.3, -0.25) is 0 Å². The van der Waals surface area contributed by atoms with Crippen LogP contribution in [0.1, 0.15) is 11.5 Å². The first-order valence-corrected chi connectivity index (χ1v) is 2.47. The van der Waals surface area contributed by atoms with E-state index in [2.05, 4.69) is 16.2 Å². The van der Waals surface area contributed by atoms with E-state index in [0.717, 1.165) is 11.5 Å². The molecule has 0 aliphatic rings. The molecule has 1 rings (SSSR count). The van der Waals surface area contributed by atoms with E-state index in [1.54, 1.807) is 6.07 Å². The predicted molar refractivity (Wildman–Crippen MR) is 30.3 cm³/mol. The fourth-order valence-corrected chi connectivity index (χ4v) is 0.532. The maximum absolute atomic E-state index is 4.03. The average Bonchev–Trinajstić information content (AvgIpc) is 1.64. The first-order valence-electron chi connectivity index (χ1n) is 2.47. The van der Waals surface area contributed by atoms with Crippen molar-refractivity contribution < 1.29 is 98.1 Å². The average molecular weight is 374 g/mol. The summed E-state index contributed by atoms with van der Waals surface area (Å²) in [6.45, 7) is 3.77.